The Morgan fingerprint density at radius 1 is 1.07 bits per heavy atom. The van der Waals surface area contributed by atoms with E-state index in [0.29, 0.717) is 12.1 Å². The van der Waals surface area contributed by atoms with Crippen molar-refractivity contribution in [2.75, 3.05) is 4.72 Å². The Kier molecular flexibility index (Phi) is 5.22. The first-order valence-corrected chi connectivity index (χ1v) is 9.33. The molecule has 0 amide bonds. The molecule has 0 saturated heterocycles. The van der Waals surface area contributed by atoms with Crippen LogP contribution < -0.4 is 10.3 Å². The Balaban J connectivity index is 2.13. The van der Waals surface area contributed by atoms with Gasteiger partial charge >= 0.3 is 5.97 Å². The van der Waals surface area contributed by atoms with Gasteiger partial charge in [0.25, 0.3) is 15.6 Å². The van der Waals surface area contributed by atoms with Crippen molar-refractivity contribution in [3.8, 4) is 17.1 Å². The normalized spacial score (nSPS) is 11.3. The zero-order chi connectivity index (χ0) is 22.2. The van der Waals surface area contributed by atoms with Crippen LogP contribution in [0.4, 0.5) is 18.9 Å². The first kappa shape index (κ1) is 20.9. The van der Waals surface area contributed by atoms with Crippen molar-refractivity contribution in [2.45, 2.75) is 4.90 Å². The molecular formula is C17H10F3N3O6S. The predicted octanol–water partition coefficient (Wildman–Crippen LogP) is 2.06. The van der Waals surface area contributed by atoms with E-state index in [9.17, 15) is 36.3 Å². The molecule has 0 aliphatic carbocycles. The van der Waals surface area contributed by atoms with E-state index < -0.39 is 61.2 Å². The topological polar surface area (TPSA) is 149 Å². The fourth-order valence-corrected chi connectivity index (χ4v) is 3.59. The second kappa shape index (κ2) is 7.51. The number of carboxylic acids is 1. The third kappa shape index (κ3) is 3.69. The van der Waals surface area contributed by atoms with Gasteiger partial charge in [-0.15, -0.1) is 0 Å². The van der Waals surface area contributed by atoms with Crippen LogP contribution in [0.5, 0.6) is 5.75 Å². The van der Waals surface area contributed by atoms with Crippen molar-refractivity contribution in [1.82, 2.24) is 9.97 Å². The lowest BCUT2D eigenvalue weighted by atomic mass is 10.1. The van der Waals surface area contributed by atoms with E-state index >= 15 is 0 Å². The number of aromatic hydroxyl groups is 1. The van der Waals surface area contributed by atoms with E-state index in [-0.39, 0.29) is 11.3 Å². The van der Waals surface area contributed by atoms with Crippen LogP contribution in [0.1, 0.15) is 10.5 Å². The molecule has 9 nitrogen and oxygen atoms in total. The SMILES string of the molecule is O=C(O)c1nc(-c2ccccc2NS(=O)(=O)c2ccc(F)c(F)c2F)[nH]c(=O)c1O. The third-order valence-electron chi connectivity index (χ3n) is 3.81. The number of nitrogens with zero attached hydrogens (tertiary/aromatic N) is 1. The number of anilines is 1. The number of carbonyl (C=O) groups is 1. The standard InChI is InChI=1S/C17H10F3N3O6S/c18-8-5-6-10(12(20)11(8)19)30(28,29)23-9-4-2-1-3-7(9)15-21-13(17(26)27)14(24)16(25)22-15/h1-6,23-24H,(H,26,27)(H,21,22,25). The molecule has 4 N–H and O–H groups in total. The van der Waals surface area contributed by atoms with Crippen molar-refractivity contribution in [2.24, 2.45) is 0 Å². The number of hydrogen-bond acceptors (Lipinski definition) is 6. The summed E-state index contributed by atoms with van der Waals surface area (Å²) in [5.41, 5.74) is -2.64. The van der Waals surface area contributed by atoms with Gasteiger partial charge in [0.15, 0.2) is 23.1 Å². The van der Waals surface area contributed by atoms with E-state index in [2.05, 4.69) is 9.97 Å². The number of H-pyrrole nitrogens is 1. The van der Waals surface area contributed by atoms with Crippen molar-refractivity contribution in [1.29, 1.82) is 0 Å². The van der Waals surface area contributed by atoms with E-state index in [1.165, 1.54) is 18.2 Å². The summed E-state index contributed by atoms with van der Waals surface area (Å²) in [6.45, 7) is 0. The Labute approximate surface area is 165 Å². The third-order valence-corrected chi connectivity index (χ3v) is 5.20. The molecule has 2 aromatic carbocycles. The number of sulfonamides is 1. The smallest absolute Gasteiger partial charge is 0.358 e. The number of aromatic amines is 1. The minimum absolute atomic E-state index is 0.149. The van der Waals surface area contributed by atoms with Crippen LogP contribution in [0.15, 0.2) is 46.1 Å². The van der Waals surface area contributed by atoms with Crippen molar-refractivity contribution >= 4 is 21.7 Å². The number of rotatable bonds is 5. The van der Waals surface area contributed by atoms with Crippen LogP contribution in [0, 0.1) is 17.5 Å². The highest BCUT2D eigenvalue weighted by atomic mass is 32.2. The van der Waals surface area contributed by atoms with Gasteiger partial charge in [-0.1, -0.05) is 12.1 Å². The summed E-state index contributed by atoms with van der Waals surface area (Å²) >= 11 is 0. The molecule has 0 radical (unpaired) electrons. The van der Waals surface area contributed by atoms with Gasteiger partial charge in [-0.25, -0.2) is 31.4 Å². The summed E-state index contributed by atoms with van der Waals surface area (Å²) < 4.78 is 67.4. The molecule has 3 aromatic rings. The molecule has 3 rings (SSSR count). The van der Waals surface area contributed by atoms with Gasteiger partial charge < -0.3 is 15.2 Å². The van der Waals surface area contributed by atoms with E-state index in [1.807, 2.05) is 4.72 Å². The number of benzene rings is 2. The number of para-hydroxylation sites is 1. The minimum Gasteiger partial charge on any atom is -0.501 e. The molecule has 0 unspecified atom stereocenters. The van der Waals surface area contributed by atoms with Crippen LogP contribution in [-0.4, -0.2) is 34.6 Å². The average molecular weight is 441 g/mol. The lowest BCUT2D eigenvalue weighted by Crippen LogP contribution is -2.18. The van der Waals surface area contributed by atoms with Crippen LogP contribution in [0.2, 0.25) is 0 Å². The lowest BCUT2D eigenvalue weighted by molar-refractivity contribution is 0.0686. The van der Waals surface area contributed by atoms with Crippen molar-refractivity contribution < 1.29 is 36.6 Å². The number of aromatic nitrogens is 2. The largest absolute Gasteiger partial charge is 0.501 e. The zero-order valence-electron chi connectivity index (χ0n) is 14.5. The zero-order valence-corrected chi connectivity index (χ0v) is 15.3. The molecule has 1 heterocycles. The van der Waals surface area contributed by atoms with E-state index in [0.717, 1.165) is 6.07 Å². The highest BCUT2D eigenvalue weighted by Gasteiger charge is 2.26. The van der Waals surface area contributed by atoms with Crippen LogP contribution in [-0.2, 0) is 10.0 Å². The second-order valence-corrected chi connectivity index (χ2v) is 7.39. The lowest BCUT2D eigenvalue weighted by Gasteiger charge is -2.13. The van der Waals surface area contributed by atoms with Crippen LogP contribution >= 0.6 is 0 Å². The van der Waals surface area contributed by atoms with Gasteiger partial charge in [0.05, 0.1) is 5.69 Å². The molecule has 0 fully saturated rings. The van der Waals surface area contributed by atoms with Gasteiger partial charge in [-0.05, 0) is 24.3 Å². The van der Waals surface area contributed by atoms with Gasteiger partial charge in [0, 0.05) is 5.56 Å². The monoisotopic (exact) mass is 441 g/mol. The van der Waals surface area contributed by atoms with E-state index in [4.69, 9.17) is 5.11 Å². The molecule has 0 spiro atoms. The van der Waals surface area contributed by atoms with Gasteiger partial charge in [-0.2, -0.15) is 0 Å². The fourth-order valence-electron chi connectivity index (χ4n) is 2.44. The summed E-state index contributed by atoms with van der Waals surface area (Å²) in [6, 6.07) is 6.08. The van der Waals surface area contributed by atoms with E-state index in [1.54, 1.807) is 0 Å². The maximum atomic E-state index is 13.9. The molecule has 0 saturated carbocycles. The Morgan fingerprint density at radius 3 is 2.40 bits per heavy atom. The second-order valence-electron chi connectivity index (χ2n) is 5.74. The molecule has 0 aliphatic heterocycles. The summed E-state index contributed by atoms with van der Waals surface area (Å²) in [5, 5.41) is 18.6. The van der Waals surface area contributed by atoms with Crippen LogP contribution in [0.25, 0.3) is 11.4 Å². The summed E-state index contributed by atoms with van der Waals surface area (Å²) in [5.74, 6) is -8.82. The molecule has 156 valence electrons. The highest BCUT2D eigenvalue weighted by molar-refractivity contribution is 7.92. The number of aromatic carboxylic acids is 1. The maximum Gasteiger partial charge on any atom is 0.358 e. The molecule has 13 heteroatoms. The predicted molar refractivity (Wildman–Crippen MR) is 96.0 cm³/mol. The van der Waals surface area contributed by atoms with Crippen LogP contribution in [0.3, 0.4) is 0 Å². The Hall–Kier alpha value is -3.87. The number of nitrogens with one attached hydrogen (secondary N) is 2. The van der Waals surface area contributed by atoms with Gasteiger partial charge in [0.2, 0.25) is 5.75 Å². The molecule has 0 bridgehead atoms. The van der Waals surface area contributed by atoms with Crippen molar-refractivity contribution in [3.63, 3.8) is 0 Å². The highest BCUT2D eigenvalue weighted by Crippen LogP contribution is 2.29. The van der Waals surface area contributed by atoms with Gasteiger partial charge in [-0.3, -0.25) is 9.52 Å². The molecule has 0 atom stereocenters. The van der Waals surface area contributed by atoms with Gasteiger partial charge in [0.1, 0.15) is 10.7 Å². The quantitative estimate of drug-likeness (QED) is 0.443. The molecule has 0 aliphatic rings. The number of hydrogen-bond donors (Lipinski definition) is 4. The summed E-state index contributed by atoms with van der Waals surface area (Å²) in [4.78, 5) is 27.4. The number of carboxylic acid groups (broad SMARTS) is 1. The summed E-state index contributed by atoms with van der Waals surface area (Å²) in [6.07, 6.45) is 0. The Morgan fingerprint density at radius 2 is 1.73 bits per heavy atom. The molecule has 30 heavy (non-hydrogen) atoms. The first-order valence-electron chi connectivity index (χ1n) is 7.85. The first-order chi connectivity index (χ1) is 14.0. The minimum atomic E-state index is -4.78. The maximum absolute atomic E-state index is 13.9. The summed E-state index contributed by atoms with van der Waals surface area (Å²) in [7, 11) is -4.78. The fraction of sp³-hybridized carbons (Fsp3) is 0. The molecule has 1 aromatic heterocycles. The number of halogens is 3. The van der Waals surface area contributed by atoms with Crippen molar-refractivity contribution in [3.05, 3.63) is 69.9 Å². The average Bonchev–Trinajstić information content (AvgIpc) is 2.68. The Bertz CT molecular complexity index is 1340. The molecular weight excluding hydrogens is 431 g/mol.